The number of rotatable bonds is 6. The average Bonchev–Trinajstić information content (AvgIpc) is 3.40. The van der Waals surface area contributed by atoms with Crippen molar-refractivity contribution in [3.8, 4) is 0 Å². The fraction of sp³-hybridized carbons (Fsp3) is 0.667. The van der Waals surface area contributed by atoms with Gasteiger partial charge in [-0.25, -0.2) is 4.57 Å². The Morgan fingerprint density at radius 2 is 2.09 bits per heavy atom. The minimum atomic E-state index is -1.37. The molecule has 6 atom stereocenters. The lowest BCUT2D eigenvalue weighted by Gasteiger charge is -2.47. The first-order chi connectivity index (χ1) is 15.7. The van der Waals surface area contributed by atoms with Crippen molar-refractivity contribution >= 4 is 42.0 Å². The van der Waals surface area contributed by atoms with Gasteiger partial charge in [-0.2, -0.15) is 0 Å². The molecule has 2 N–H and O–H groups in total. The maximum atomic E-state index is 12.9. The molecule has 0 spiro atoms. The van der Waals surface area contributed by atoms with Crippen LogP contribution in [-0.4, -0.2) is 85.5 Å². The van der Waals surface area contributed by atoms with Gasteiger partial charge in [-0.3, -0.25) is 9.59 Å². The number of aliphatic carboxylic acids is 1. The van der Waals surface area contributed by atoms with Gasteiger partial charge in [-0.1, -0.05) is 6.92 Å². The quantitative estimate of drug-likeness (QED) is 0.324. The van der Waals surface area contributed by atoms with Crippen LogP contribution in [-0.2, 0) is 21.4 Å². The summed E-state index contributed by atoms with van der Waals surface area (Å²) in [4.78, 5) is 41.0. The SMILES string of the molecule is C[C@@H](O)[C@H]1C(=O)N2C(C(=O)[O-])=C(S[C@@H]3CN[C@H](C(=O)N4CC(n5c[n+](C)cn5)C4)C3)[C@H](C)[C@H]12.Cl. The molecular formula is C21H29ClN6O5S. The first-order valence-electron chi connectivity index (χ1n) is 11.2. The minimum Gasteiger partial charge on any atom is -0.543 e. The predicted molar refractivity (Wildman–Crippen MR) is 121 cm³/mol. The number of aliphatic hydroxyl groups is 1. The molecule has 4 aliphatic heterocycles. The summed E-state index contributed by atoms with van der Waals surface area (Å²) < 4.78 is 3.73. The molecule has 0 saturated carbocycles. The highest BCUT2D eigenvalue weighted by molar-refractivity contribution is 8.03. The highest BCUT2D eigenvalue weighted by atomic mass is 35.5. The minimum absolute atomic E-state index is 0. The van der Waals surface area contributed by atoms with Crippen LogP contribution in [0.2, 0.25) is 0 Å². The summed E-state index contributed by atoms with van der Waals surface area (Å²) in [5.74, 6) is -2.50. The molecule has 34 heavy (non-hydrogen) atoms. The van der Waals surface area contributed by atoms with Crippen LogP contribution in [0, 0.1) is 11.8 Å². The van der Waals surface area contributed by atoms with Gasteiger partial charge in [-0.05, 0) is 13.3 Å². The predicted octanol–water partition coefficient (Wildman–Crippen LogP) is -2.20. The van der Waals surface area contributed by atoms with E-state index in [0.29, 0.717) is 31.0 Å². The van der Waals surface area contributed by atoms with E-state index in [1.807, 2.05) is 34.4 Å². The second kappa shape index (κ2) is 9.14. The largest absolute Gasteiger partial charge is 0.543 e. The van der Waals surface area contributed by atoms with Crippen LogP contribution in [0.4, 0.5) is 0 Å². The number of carbonyl (C=O) groups is 3. The number of β-lactam (4-membered cyclic amide) rings is 1. The summed E-state index contributed by atoms with van der Waals surface area (Å²) in [7, 11) is 1.90. The van der Waals surface area contributed by atoms with Gasteiger partial charge in [0.15, 0.2) is 0 Å². The second-order valence-electron chi connectivity index (χ2n) is 9.48. The molecule has 0 aliphatic carbocycles. The van der Waals surface area contributed by atoms with E-state index in [2.05, 4.69) is 10.4 Å². The number of aliphatic hydroxyl groups excluding tert-OH is 1. The van der Waals surface area contributed by atoms with Gasteiger partial charge in [0.25, 0.3) is 6.33 Å². The summed E-state index contributed by atoms with van der Waals surface area (Å²) in [6.45, 7) is 5.25. The Labute approximate surface area is 207 Å². The molecule has 1 aromatic rings. The van der Waals surface area contributed by atoms with Gasteiger partial charge < -0.3 is 30.1 Å². The Morgan fingerprint density at radius 1 is 1.38 bits per heavy atom. The van der Waals surface area contributed by atoms with Crippen LogP contribution in [0.3, 0.4) is 0 Å². The molecule has 3 fully saturated rings. The summed E-state index contributed by atoms with van der Waals surface area (Å²) in [5.41, 5.74) is -0.0767. The maximum absolute atomic E-state index is 12.9. The lowest BCUT2D eigenvalue weighted by molar-refractivity contribution is -0.672. The topological polar surface area (TPSA) is 135 Å². The zero-order valence-corrected chi connectivity index (χ0v) is 20.8. The van der Waals surface area contributed by atoms with E-state index in [-0.39, 0.29) is 59.2 Å². The average molecular weight is 513 g/mol. The first kappa shape index (κ1) is 25.0. The zero-order valence-electron chi connectivity index (χ0n) is 19.2. The Hall–Kier alpha value is -2.15. The molecule has 0 aromatic carbocycles. The number of thioether (sulfide) groups is 1. The number of carboxylic acids is 1. The summed E-state index contributed by atoms with van der Waals surface area (Å²) in [5, 5.41) is 29.4. The number of aryl methyl sites for hydroxylation is 1. The lowest BCUT2D eigenvalue weighted by atomic mass is 9.79. The van der Waals surface area contributed by atoms with Crippen molar-refractivity contribution in [3.63, 3.8) is 0 Å². The molecule has 5 heterocycles. The normalized spacial score (nSPS) is 31.6. The number of carbonyl (C=O) groups excluding carboxylic acids is 3. The molecule has 11 nitrogen and oxygen atoms in total. The highest BCUT2D eigenvalue weighted by Crippen LogP contribution is 2.51. The van der Waals surface area contributed by atoms with Gasteiger partial charge in [0.1, 0.15) is 6.04 Å². The van der Waals surface area contributed by atoms with Crippen LogP contribution in [0.1, 0.15) is 26.3 Å². The Kier molecular flexibility index (Phi) is 6.71. The molecule has 13 heteroatoms. The van der Waals surface area contributed by atoms with Crippen molar-refractivity contribution in [2.45, 2.75) is 49.7 Å². The van der Waals surface area contributed by atoms with Gasteiger partial charge in [0.2, 0.25) is 18.1 Å². The Balaban J connectivity index is 0.00000274. The number of nitrogens with zero attached hydrogens (tertiary/aromatic N) is 5. The standard InChI is InChI=1S/C21H28N6O5S.ClH/c1-10-16-15(11(2)28)20(30)27(16)17(21(31)32)18(10)33-13-4-14(22-5-13)19(29)25-6-12(7-25)26-9-24(3)8-23-26;/h8-16,22,28H,4-7H2,1-3H3;1H/t10-,11-,13+,14+,15-,16-;/m1./s1. The molecule has 3 saturated heterocycles. The van der Waals surface area contributed by atoms with Crippen LogP contribution in [0.25, 0.3) is 0 Å². The number of hydrogen-bond donors (Lipinski definition) is 2. The number of nitrogens with one attached hydrogen (secondary N) is 1. The Bertz CT molecular complexity index is 1040. The van der Waals surface area contributed by atoms with Gasteiger partial charge in [-0.15, -0.1) is 28.9 Å². The smallest absolute Gasteiger partial charge is 0.264 e. The third-order valence-corrected chi connectivity index (χ3v) is 8.71. The van der Waals surface area contributed by atoms with Crippen molar-refractivity contribution < 1.29 is 29.2 Å². The fourth-order valence-electron chi connectivity index (χ4n) is 5.43. The summed E-state index contributed by atoms with van der Waals surface area (Å²) in [6.07, 6.45) is 3.36. The lowest BCUT2D eigenvalue weighted by Crippen LogP contribution is -2.64. The van der Waals surface area contributed by atoms with E-state index in [1.54, 1.807) is 13.3 Å². The Morgan fingerprint density at radius 3 is 2.68 bits per heavy atom. The molecule has 2 amide bonds. The van der Waals surface area contributed by atoms with E-state index >= 15 is 0 Å². The third kappa shape index (κ3) is 3.90. The molecule has 186 valence electrons. The molecule has 4 aliphatic rings. The zero-order chi connectivity index (χ0) is 23.6. The molecule has 5 rings (SSSR count). The van der Waals surface area contributed by atoms with E-state index < -0.39 is 18.0 Å². The maximum Gasteiger partial charge on any atom is 0.264 e. The molecule has 1 aromatic heterocycles. The van der Waals surface area contributed by atoms with E-state index in [1.165, 1.54) is 16.7 Å². The first-order valence-corrected chi connectivity index (χ1v) is 12.1. The van der Waals surface area contributed by atoms with Gasteiger partial charge >= 0.3 is 0 Å². The fourth-order valence-corrected chi connectivity index (χ4v) is 6.90. The third-order valence-electron chi connectivity index (χ3n) is 7.20. The number of likely N-dealkylation sites (tertiary alicyclic amines) is 1. The van der Waals surface area contributed by atoms with Crippen LogP contribution in [0.5, 0.6) is 0 Å². The summed E-state index contributed by atoms with van der Waals surface area (Å²) in [6, 6.07) is -0.493. The van der Waals surface area contributed by atoms with Crippen molar-refractivity contribution in [3.05, 3.63) is 23.3 Å². The summed E-state index contributed by atoms with van der Waals surface area (Å²) >= 11 is 1.41. The van der Waals surface area contributed by atoms with Gasteiger partial charge in [0.05, 0.1) is 55.9 Å². The van der Waals surface area contributed by atoms with Gasteiger partial charge in [0, 0.05) is 27.7 Å². The molecule has 0 bridgehead atoms. The van der Waals surface area contributed by atoms with Crippen molar-refractivity contribution in [1.29, 1.82) is 0 Å². The molecule has 0 radical (unpaired) electrons. The van der Waals surface area contributed by atoms with Crippen LogP contribution in [0.15, 0.2) is 23.3 Å². The van der Waals surface area contributed by atoms with Crippen LogP contribution < -0.4 is 15.0 Å². The van der Waals surface area contributed by atoms with Crippen LogP contribution >= 0.6 is 24.2 Å². The highest BCUT2D eigenvalue weighted by Gasteiger charge is 2.59. The number of hydrogen-bond acceptors (Lipinski definition) is 8. The van der Waals surface area contributed by atoms with E-state index in [0.717, 1.165) is 0 Å². The van der Waals surface area contributed by atoms with Crippen molar-refractivity contribution in [2.75, 3.05) is 19.6 Å². The number of amides is 2. The molecule has 0 unspecified atom stereocenters. The van der Waals surface area contributed by atoms with E-state index in [9.17, 15) is 24.6 Å². The number of halogens is 1. The van der Waals surface area contributed by atoms with Crippen molar-refractivity contribution in [1.82, 2.24) is 24.9 Å². The number of fused-ring (bicyclic) bond motifs is 1. The van der Waals surface area contributed by atoms with E-state index in [4.69, 9.17) is 0 Å². The monoisotopic (exact) mass is 512 g/mol. The molecular weight excluding hydrogens is 484 g/mol. The van der Waals surface area contributed by atoms with Crippen molar-refractivity contribution in [2.24, 2.45) is 18.9 Å². The number of carboxylic acid groups (broad SMARTS) is 1. The number of aromatic nitrogens is 3. The second-order valence-corrected chi connectivity index (χ2v) is 10.8.